The van der Waals surface area contributed by atoms with Gasteiger partial charge in [-0.05, 0) is 128 Å². The van der Waals surface area contributed by atoms with Gasteiger partial charge in [-0.2, -0.15) is 0 Å². The van der Waals surface area contributed by atoms with Crippen LogP contribution in [0.3, 0.4) is 0 Å². The summed E-state index contributed by atoms with van der Waals surface area (Å²) >= 11 is 0. The van der Waals surface area contributed by atoms with Crippen LogP contribution >= 0.6 is 0 Å². The molecular weight excluding hydrogens is 1060 g/mol. The molecule has 21 heteroatoms. The molecule has 0 radical (unpaired) electrons. The lowest BCUT2D eigenvalue weighted by atomic mass is 9.87. The number of fused-ring (bicyclic) bond motifs is 3. The lowest BCUT2D eigenvalue weighted by Gasteiger charge is -2.37. The smallest absolute Gasteiger partial charge is 0.330 e. The number of likely N-dealkylation sites (N-methyl/N-ethyl adjacent to an activating group) is 4. The number of hydrogen-bond acceptors (Lipinski definition) is 15. The number of hydrogen-bond donors (Lipinski definition) is 1. The average Bonchev–Trinajstić information content (AvgIpc) is 3.58. The molecule has 2 heterocycles. The zero-order chi connectivity index (χ0) is 60.6. The molecule has 446 valence electrons. The zero-order valence-electron chi connectivity index (χ0n) is 49.7. The van der Waals surface area contributed by atoms with Gasteiger partial charge in [-0.25, -0.2) is 9.59 Å². The van der Waals surface area contributed by atoms with Gasteiger partial charge in [0.15, 0.2) is 18.1 Å². The molecule has 21 nitrogen and oxygen atoms in total. The van der Waals surface area contributed by atoms with Crippen LogP contribution in [0.2, 0.25) is 0 Å². The maximum absolute atomic E-state index is 14.8. The third kappa shape index (κ3) is 17.4. The summed E-state index contributed by atoms with van der Waals surface area (Å²) in [4.78, 5) is 133. The summed E-state index contributed by atoms with van der Waals surface area (Å²) in [6, 6.07) is 14.6. The molecule has 1 fully saturated rings. The molecule has 6 atom stereocenters. The van der Waals surface area contributed by atoms with Gasteiger partial charge in [-0.3, -0.25) is 33.6 Å². The standard InChI is InChI=1S/C61H82N6O15/c1-39-54(71)62-52(42-22-15-14-16-23-42)57(74)66(11)46(36-81-60(3,4)5)56(73)65(10)40(2)55(72)63(8)32-19-18-27-51(69)80-38-61(6,7)53(70)58(75)67-33-20-17-26-45(67)59(76)82-47(30-28-41-29-31-48(77-12)49(34-41)78-13)43-24-21-25-44(35-43)79-37-50(68)64(39)9/h14-16,18,21-25,27,29,31,34-35,39-40,45-47,52H,17,19-20,26,28,30,32-33,36-38H2,1-13H3,(H,62,71)/b27-18-/t39-,40-,45-,46-,47+,52?/m0/s1. The molecule has 82 heavy (non-hydrogen) atoms. The Morgan fingerprint density at radius 2 is 1.40 bits per heavy atom. The van der Waals surface area contributed by atoms with Gasteiger partial charge in [0, 0.05) is 47.4 Å². The topological polar surface area (TPSA) is 237 Å². The number of esters is 2. The minimum absolute atomic E-state index is 0.101. The van der Waals surface area contributed by atoms with Crippen molar-refractivity contribution in [3.63, 3.8) is 0 Å². The summed E-state index contributed by atoms with van der Waals surface area (Å²) in [5.41, 5.74) is -0.533. The minimum Gasteiger partial charge on any atom is -0.493 e. The van der Waals surface area contributed by atoms with E-state index in [0.717, 1.165) is 11.6 Å². The van der Waals surface area contributed by atoms with Gasteiger partial charge < -0.3 is 58.2 Å². The predicted molar refractivity (Wildman–Crippen MR) is 303 cm³/mol. The van der Waals surface area contributed by atoms with Crippen molar-refractivity contribution in [3.8, 4) is 17.2 Å². The Kier molecular flexibility index (Phi) is 23.2. The first-order chi connectivity index (χ1) is 38.7. The van der Waals surface area contributed by atoms with Gasteiger partial charge in [0.1, 0.15) is 48.7 Å². The molecule has 6 amide bonds. The van der Waals surface area contributed by atoms with Crippen molar-refractivity contribution in [1.82, 2.24) is 29.8 Å². The first-order valence-corrected chi connectivity index (χ1v) is 27.6. The Morgan fingerprint density at radius 3 is 2.07 bits per heavy atom. The van der Waals surface area contributed by atoms with E-state index in [1.807, 2.05) is 12.1 Å². The Bertz CT molecular complexity index is 2800. The number of amides is 6. The van der Waals surface area contributed by atoms with Crippen LogP contribution in [-0.4, -0.2) is 183 Å². The van der Waals surface area contributed by atoms with Gasteiger partial charge in [0.2, 0.25) is 29.4 Å². The van der Waals surface area contributed by atoms with E-state index in [9.17, 15) is 43.2 Å². The second-order valence-corrected chi connectivity index (χ2v) is 22.3. The second kappa shape index (κ2) is 29.3. The fourth-order valence-corrected chi connectivity index (χ4v) is 9.19. The van der Waals surface area contributed by atoms with Crippen LogP contribution in [0, 0.1) is 5.41 Å². The SMILES string of the molecule is COc1ccc(CC[C@H]2OC(=O)[C@@H]3CCCCN3C(=O)C(=O)C(C)(C)COC(=O)/C=C\CCN(C)C(=O)[C@H](C)N(C)C(=O)[C@H](COC(C)(C)C)N(C)C(=O)C(c3ccccc3)NC(=O)[C@H](C)N(C)C(=O)COc3cccc2c3)cc1OC. The van der Waals surface area contributed by atoms with Crippen LogP contribution in [0.15, 0.2) is 84.9 Å². The highest BCUT2D eigenvalue weighted by Gasteiger charge is 2.43. The Balaban J connectivity index is 1.50. The highest BCUT2D eigenvalue weighted by Crippen LogP contribution is 2.33. The van der Waals surface area contributed by atoms with Gasteiger partial charge in [0.25, 0.3) is 11.8 Å². The number of piperidine rings is 1. The third-order valence-electron chi connectivity index (χ3n) is 14.8. The van der Waals surface area contributed by atoms with Crippen molar-refractivity contribution >= 4 is 53.2 Å². The van der Waals surface area contributed by atoms with Crippen LogP contribution in [0.5, 0.6) is 17.2 Å². The number of nitrogens with zero attached hydrogens (tertiary/aromatic N) is 5. The van der Waals surface area contributed by atoms with E-state index < -0.39 is 114 Å². The van der Waals surface area contributed by atoms with Gasteiger partial charge in [0.05, 0.1) is 31.8 Å². The number of methoxy groups -OCH3 is 2. The van der Waals surface area contributed by atoms with E-state index in [0.29, 0.717) is 41.9 Å². The van der Waals surface area contributed by atoms with Crippen LogP contribution in [0.1, 0.15) is 109 Å². The molecule has 1 unspecified atom stereocenters. The molecule has 0 aromatic heterocycles. The average molecular weight is 1140 g/mol. The molecule has 1 N–H and O–H groups in total. The molecule has 0 spiro atoms. The van der Waals surface area contributed by atoms with Crippen molar-refractivity contribution in [2.24, 2.45) is 5.41 Å². The number of carbonyl (C=O) groups is 9. The molecule has 1 saturated heterocycles. The van der Waals surface area contributed by atoms with Crippen LogP contribution in [0.4, 0.5) is 0 Å². The van der Waals surface area contributed by atoms with Crippen LogP contribution in [-0.2, 0) is 63.8 Å². The molecule has 2 aliphatic rings. The third-order valence-corrected chi connectivity index (χ3v) is 14.8. The van der Waals surface area contributed by atoms with Crippen LogP contribution < -0.4 is 19.5 Å². The van der Waals surface area contributed by atoms with E-state index in [-0.39, 0.29) is 44.7 Å². The normalized spacial score (nSPS) is 23.7. The van der Waals surface area contributed by atoms with E-state index in [1.54, 1.807) is 88.4 Å². The van der Waals surface area contributed by atoms with Gasteiger partial charge in [-0.15, -0.1) is 0 Å². The van der Waals surface area contributed by atoms with Gasteiger partial charge >= 0.3 is 11.9 Å². The number of rotatable bonds is 8. The number of ether oxygens (including phenoxy) is 6. The number of Topliss-reactive ketones (excluding diaryl/α,β-unsaturated/α-hetero) is 1. The first kappa shape index (κ1) is 65.0. The number of cyclic esters (lactones) is 2. The van der Waals surface area contributed by atoms with Crippen molar-refractivity contribution in [3.05, 3.63) is 102 Å². The number of ketones is 1. The van der Waals surface area contributed by atoms with Gasteiger partial charge in [-0.1, -0.05) is 54.6 Å². The Labute approximate surface area is 481 Å². The van der Waals surface area contributed by atoms with E-state index in [1.165, 1.54) is 93.8 Å². The highest BCUT2D eigenvalue weighted by molar-refractivity contribution is 6.38. The second-order valence-electron chi connectivity index (χ2n) is 22.3. The van der Waals surface area contributed by atoms with Crippen molar-refractivity contribution in [2.45, 2.75) is 129 Å². The summed E-state index contributed by atoms with van der Waals surface area (Å²) in [5.74, 6) is -5.12. The summed E-state index contributed by atoms with van der Waals surface area (Å²) in [6.07, 6.45) is 3.84. The number of carbonyl (C=O) groups excluding carboxylic acids is 9. The molecule has 2 aliphatic heterocycles. The molecule has 3 aromatic rings. The van der Waals surface area contributed by atoms with Crippen molar-refractivity contribution in [1.29, 1.82) is 0 Å². The van der Waals surface area contributed by atoms with E-state index in [4.69, 9.17) is 28.4 Å². The largest absolute Gasteiger partial charge is 0.493 e. The maximum atomic E-state index is 14.8. The molecule has 3 aromatic carbocycles. The molecule has 5 rings (SSSR count). The van der Waals surface area contributed by atoms with E-state index in [2.05, 4.69) is 5.32 Å². The van der Waals surface area contributed by atoms with Crippen LogP contribution in [0.25, 0.3) is 0 Å². The summed E-state index contributed by atoms with van der Waals surface area (Å²) in [6.45, 7) is 10.3. The predicted octanol–water partition coefficient (Wildman–Crippen LogP) is 5.43. The molecule has 0 saturated carbocycles. The first-order valence-electron chi connectivity index (χ1n) is 27.6. The monoisotopic (exact) mass is 1140 g/mol. The molecular formula is C61H82N6O15. The zero-order valence-corrected chi connectivity index (χ0v) is 49.7. The van der Waals surface area contributed by atoms with E-state index >= 15 is 0 Å². The number of aryl methyl sites for hydroxylation is 1. The summed E-state index contributed by atoms with van der Waals surface area (Å²) in [5, 5.41) is 2.81. The number of nitrogens with one attached hydrogen (secondary N) is 1. The Morgan fingerprint density at radius 1 is 0.720 bits per heavy atom. The minimum atomic E-state index is -1.50. The quantitative estimate of drug-likeness (QED) is 0.219. The lowest BCUT2D eigenvalue weighted by Crippen LogP contribution is -2.58. The fourth-order valence-electron chi connectivity index (χ4n) is 9.19. The fraction of sp³-hybridized carbons (Fsp3) is 0.525. The summed E-state index contributed by atoms with van der Waals surface area (Å²) in [7, 11) is 8.86. The summed E-state index contributed by atoms with van der Waals surface area (Å²) < 4.78 is 34.9. The highest BCUT2D eigenvalue weighted by atomic mass is 16.5. The maximum Gasteiger partial charge on any atom is 0.330 e. The Hall–Kier alpha value is -7.81. The lowest BCUT2D eigenvalue weighted by molar-refractivity contribution is -0.165. The molecule has 0 aliphatic carbocycles. The molecule has 2 bridgehead atoms. The van der Waals surface area contributed by atoms with Crippen molar-refractivity contribution < 1.29 is 71.6 Å². The number of benzene rings is 3. The van der Waals surface area contributed by atoms with Crippen molar-refractivity contribution in [2.75, 3.05) is 75.3 Å².